The van der Waals surface area contributed by atoms with E-state index in [1.54, 1.807) is 6.20 Å². The van der Waals surface area contributed by atoms with Crippen LogP contribution in [0.15, 0.2) is 42.6 Å². The van der Waals surface area contributed by atoms with Gasteiger partial charge in [-0.2, -0.15) is 0 Å². The second-order valence-corrected chi connectivity index (χ2v) is 5.21. The molecule has 4 nitrogen and oxygen atoms in total. The molecule has 0 fully saturated rings. The summed E-state index contributed by atoms with van der Waals surface area (Å²) in [5, 5.41) is 0. The minimum absolute atomic E-state index is 0.395. The first kappa shape index (κ1) is 12.7. The van der Waals surface area contributed by atoms with Gasteiger partial charge >= 0.3 is 0 Å². The molecule has 2 heterocycles. The summed E-state index contributed by atoms with van der Waals surface area (Å²) in [6.45, 7) is 2.21. The lowest BCUT2D eigenvalue weighted by molar-refractivity contribution is 0.688. The van der Waals surface area contributed by atoms with Crippen molar-refractivity contribution in [1.29, 1.82) is 0 Å². The standard InChI is InChI=1S/C16H18N4/c1-11(12-5-7-13(17)8-6-12)10-15-19-14-4-3-9-18-16(14)20(15)2/h3-9,11H,10,17H2,1-2H3. The Balaban J connectivity index is 1.89. The monoisotopic (exact) mass is 266 g/mol. The van der Waals surface area contributed by atoms with Crippen LogP contribution in [0.4, 0.5) is 5.69 Å². The lowest BCUT2D eigenvalue weighted by Crippen LogP contribution is -2.05. The third-order valence-corrected chi connectivity index (χ3v) is 3.71. The summed E-state index contributed by atoms with van der Waals surface area (Å²) < 4.78 is 2.07. The molecule has 20 heavy (non-hydrogen) atoms. The van der Waals surface area contributed by atoms with Gasteiger partial charge in [0.2, 0.25) is 0 Å². The number of aromatic nitrogens is 3. The van der Waals surface area contributed by atoms with Gasteiger partial charge in [0, 0.05) is 25.4 Å². The van der Waals surface area contributed by atoms with Gasteiger partial charge in [-0.1, -0.05) is 19.1 Å². The van der Waals surface area contributed by atoms with Crippen molar-refractivity contribution in [2.75, 3.05) is 5.73 Å². The zero-order valence-corrected chi connectivity index (χ0v) is 11.7. The molecule has 3 rings (SSSR count). The molecule has 0 aliphatic rings. The van der Waals surface area contributed by atoms with Gasteiger partial charge in [-0.3, -0.25) is 0 Å². The van der Waals surface area contributed by atoms with Crippen LogP contribution in [0.1, 0.15) is 24.2 Å². The summed E-state index contributed by atoms with van der Waals surface area (Å²) in [5.74, 6) is 1.45. The van der Waals surface area contributed by atoms with Crippen molar-refractivity contribution in [3.8, 4) is 0 Å². The Kier molecular flexibility index (Phi) is 3.14. The van der Waals surface area contributed by atoms with Gasteiger partial charge < -0.3 is 10.3 Å². The van der Waals surface area contributed by atoms with Gasteiger partial charge in [0.05, 0.1) is 0 Å². The van der Waals surface area contributed by atoms with Crippen molar-refractivity contribution in [2.45, 2.75) is 19.3 Å². The Bertz CT molecular complexity index is 728. The fraction of sp³-hybridized carbons (Fsp3) is 0.250. The van der Waals surface area contributed by atoms with Crippen LogP contribution in [0.3, 0.4) is 0 Å². The number of nitrogen functional groups attached to an aromatic ring is 1. The van der Waals surface area contributed by atoms with Gasteiger partial charge in [-0.15, -0.1) is 0 Å². The van der Waals surface area contributed by atoms with Crippen LogP contribution in [-0.2, 0) is 13.5 Å². The fourth-order valence-electron chi connectivity index (χ4n) is 2.47. The topological polar surface area (TPSA) is 56.7 Å². The second-order valence-electron chi connectivity index (χ2n) is 5.21. The number of nitrogens with zero attached hydrogens (tertiary/aromatic N) is 3. The first-order valence-electron chi connectivity index (χ1n) is 6.77. The van der Waals surface area contributed by atoms with Gasteiger partial charge in [-0.25, -0.2) is 9.97 Å². The number of hydrogen-bond acceptors (Lipinski definition) is 3. The Morgan fingerprint density at radius 1 is 1.20 bits per heavy atom. The fourth-order valence-corrected chi connectivity index (χ4v) is 2.47. The zero-order valence-electron chi connectivity index (χ0n) is 11.7. The molecule has 3 aromatic rings. The molecule has 0 bridgehead atoms. The first-order valence-corrected chi connectivity index (χ1v) is 6.77. The SMILES string of the molecule is CC(Cc1nc2cccnc2n1C)c1ccc(N)cc1. The van der Waals surface area contributed by atoms with E-state index < -0.39 is 0 Å². The maximum absolute atomic E-state index is 5.73. The summed E-state index contributed by atoms with van der Waals surface area (Å²) in [4.78, 5) is 9.05. The van der Waals surface area contributed by atoms with Crippen LogP contribution < -0.4 is 5.73 Å². The van der Waals surface area contributed by atoms with E-state index in [-0.39, 0.29) is 0 Å². The highest BCUT2D eigenvalue weighted by Crippen LogP contribution is 2.22. The van der Waals surface area contributed by atoms with Crippen LogP contribution in [0.2, 0.25) is 0 Å². The number of aryl methyl sites for hydroxylation is 1. The van der Waals surface area contributed by atoms with Crippen LogP contribution in [0, 0.1) is 0 Å². The van der Waals surface area contributed by atoms with E-state index >= 15 is 0 Å². The molecule has 1 atom stereocenters. The van der Waals surface area contributed by atoms with Gasteiger partial charge in [-0.05, 0) is 35.7 Å². The summed E-state index contributed by atoms with van der Waals surface area (Å²) in [6.07, 6.45) is 2.69. The van der Waals surface area contributed by atoms with E-state index in [0.717, 1.165) is 29.1 Å². The molecule has 1 aromatic carbocycles. The predicted octanol–water partition coefficient (Wildman–Crippen LogP) is 2.90. The van der Waals surface area contributed by atoms with Crippen molar-refractivity contribution >= 4 is 16.9 Å². The molecule has 2 N–H and O–H groups in total. The van der Waals surface area contributed by atoms with E-state index in [4.69, 9.17) is 5.73 Å². The van der Waals surface area contributed by atoms with Crippen molar-refractivity contribution in [1.82, 2.24) is 14.5 Å². The summed E-state index contributed by atoms with van der Waals surface area (Å²) in [7, 11) is 2.02. The predicted molar refractivity (Wildman–Crippen MR) is 81.5 cm³/mol. The number of rotatable bonds is 3. The highest BCUT2D eigenvalue weighted by Gasteiger charge is 2.13. The van der Waals surface area contributed by atoms with Crippen LogP contribution >= 0.6 is 0 Å². The van der Waals surface area contributed by atoms with Crippen LogP contribution in [0.25, 0.3) is 11.2 Å². The maximum atomic E-state index is 5.73. The summed E-state index contributed by atoms with van der Waals surface area (Å²) in [5.41, 5.74) is 9.70. The molecule has 4 heteroatoms. The Hall–Kier alpha value is -2.36. The number of imidazole rings is 1. The van der Waals surface area contributed by atoms with E-state index in [0.29, 0.717) is 5.92 Å². The quantitative estimate of drug-likeness (QED) is 0.742. The normalized spacial score (nSPS) is 12.7. The van der Waals surface area contributed by atoms with Crippen molar-refractivity contribution < 1.29 is 0 Å². The van der Waals surface area contributed by atoms with E-state index in [2.05, 4.69) is 33.6 Å². The smallest absolute Gasteiger partial charge is 0.159 e. The lowest BCUT2D eigenvalue weighted by Gasteiger charge is -2.11. The molecule has 0 radical (unpaired) electrons. The molecule has 102 valence electrons. The number of nitrogens with two attached hydrogens (primary N) is 1. The molecule has 0 saturated carbocycles. The molecule has 0 aliphatic heterocycles. The molecule has 0 saturated heterocycles. The summed E-state index contributed by atoms with van der Waals surface area (Å²) in [6, 6.07) is 12.0. The Labute approximate surface area is 118 Å². The average molecular weight is 266 g/mol. The molecular weight excluding hydrogens is 248 g/mol. The first-order chi connectivity index (χ1) is 9.65. The molecule has 2 aromatic heterocycles. The van der Waals surface area contributed by atoms with Gasteiger partial charge in [0.25, 0.3) is 0 Å². The number of hydrogen-bond donors (Lipinski definition) is 1. The average Bonchev–Trinajstić information content (AvgIpc) is 2.77. The maximum Gasteiger partial charge on any atom is 0.159 e. The molecule has 0 aliphatic carbocycles. The zero-order chi connectivity index (χ0) is 14.1. The largest absolute Gasteiger partial charge is 0.399 e. The highest BCUT2D eigenvalue weighted by molar-refractivity contribution is 5.70. The van der Waals surface area contributed by atoms with E-state index in [1.807, 2.05) is 31.3 Å². The number of benzene rings is 1. The Morgan fingerprint density at radius 2 is 1.95 bits per heavy atom. The minimum atomic E-state index is 0.395. The number of pyridine rings is 1. The third kappa shape index (κ3) is 2.25. The van der Waals surface area contributed by atoms with Crippen LogP contribution in [-0.4, -0.2) is 14.5 Å². The van der Waals surface area contributed by atoms with Crippen molar-refractivity contribution in [3.05, 3.63) is 54.0 Å². The van der Waals surface area contributed by atoms with E-state index in [9.17, 15) is 0 Å². The minimum Gasteiger partial charge on any atom is -0.399 e. The van der Waals surface area contributed by atoms with Crippen molar-refractivity contribution in [3.63, 3.8) is 0 Å². The number of anilines is 1. The van der Waals surface area contributed by atoms with E-state index in [1.165, 1.54) is 5.56 Å². The van der Waals surface area contributed by atoms with Crippen molar-refractivity contribution in [2.24, 2.45) is 7.05 Å². The lowest BCUT2D eigenvalue weighted by atomic mass is 9.97. The third-order valence-electron chi connectivity index (χ3n) is 3.71. The van der Waals surface area contributed by atoms with Crippen LogP contribution in [0.5, 0.6) is 0 Å². The second kappa shape index (κ2) is 4.96. The van der Waals surface area contributed by atoms with Gasteiger partial charge in [0.1, 0.15) is 11.3 Å². The molecule has 0 amide bonds. The summed E-state index contributed by atoms with van der Waals surface area (Å²) >= 11 is 0. The van der Waals surface area contributed by atoms with Gasteiger partial charge in [0.15, 0.2) is 5.65 Å². The molecule has 0 spiro atoms. The molecular formula is C16H18N4. The molecule has 1 unspecified atom stereocenters. The Morgan fingerprint density at radius 3 is 2.65 bits per heavy atom. The highest BCUT2D eigenvalue weighted by atomic mass is 15.1. The number of fused-ring (bicyclic) bond motifs is 1.